The molecule has 1 aromatic rings. The van der Waals surface area contributed by atoms with Crippen LogP contribution in [0, 0.1) is 5.92 Å². The van der Waals surface area contributed by atoms with Crippen molar-refractivity contribution in [3.63, 3.8) is 0 Å². The second kappa shape index (κ2) is 10.0. The van der Waals surface area contributed by atoms with Crippen LogP contribution in [0.1, 0.15) is 31.9 Å². The van der Waals surface area contributed by atoms with Crippen LogP contribution in [0.3, 0.4) is 0 Å². The van der Waals surface area contributed by atoms with Crippen LogP contribution in [-0.4, -0.2) is 37.1 Å². The smallest absolute Gasteiger partial charge is 0.191 e. The number of hydrogen-bond acceptors (Lipinski definition) is 3. The van der Waals surface area contributed by atoms with Gasteiger partial charge in [-0.05, 0) is 37.3 Å². The third kappa shape index (κ3) is 6.69. The van der Waals surface area contributed by atoms with Gasteiger partial charge in [-0.25, -0.2) is 0 Å². The molecular formula is C15H26IN3O2. The monoisotopic (exact) mass is 407 g/mol. The highest BCUT2D eigenvalue weighted by Gasteiger charge is 2.17. The molecule has 0 saturated carbocycles. The number of piperidine rings is 1. The lowest BCUT2D eigenvalue weighted by molar-refractivity contribution is 0.105. The first kappa shape index (κ1) is 18.3. The van der Waals surface area contributed by atoms with Gasteiger partial charge in [0.1, 0.15) is 12.4 Å². The zero-order valence-corrected chi connectivity index (χ0v) is 15.0. The Morgan fingerprint density at radius 1 is 1.57 bits per heavy atom. The first-order chi connectivity index (χ1) is 9.75. The third-order valence-corrected chi connectivity index (χ3v) is 3.53. The van der Waals surface area contributed by atoms with E-state index < -0.39 is 0 Å². The summed E-state index contributed by atoms with van der Waals surface area (Å²) in [5, 5.41) is 0. The lowest BCUT2D eigenvalue weighted by atomic mass is 10.0. The normalized spacial score (nSPS) is 19.4. The second-order valence-electron chi connectivity index (χ2n) is 5.42. The summed E-state index contributed by atoms with van der Waals surface area (Å²) in [4.78, 5) is 6.63. The van der Waals surface area contributed by atoms with Gasteiger partial charge in [0.2, 0.25) is 0 Å². The lowest BCUT2D eigenvalue weighted by Gasteiger charge is -2.31. The molecule has 1 aliphatic rings. The maximum Gasteiger partial charge on any atom is 0.191 e. The van der Waals surface area contributed by atoms with E-state index in [1.54, 1.807) is 6.26 Å². The number of likely N-dealkylation sites (tertiary alicyclic amines) is 1. The molecule has 120 valence electrons. The highest BCUT2D eigenvalue weighted by Crippen LogP contribution is 2.14. The van der Waals surface area contributed by atoms with Crippen LogP contribution in [0.4, 0.5) is 0 Å². The standard InChI is InChI=1S/C15H25N3O2.HI/c1-13-5-2-8-18(11-13)15(16)17-7-4-9-19-12-14-6-3-10-20-14;/h3,6,10,13H,2,4-5,7-9,11-12H2,1H3,(H2,16,17);1H. The van der Waals surface area contributed by atoms with E-state index in [4.69, 9.17) is 14.9 Å². The van der Waals surface area contributed by atoms with Crippen molar-refractivity contribution in [2.75, 3.05) is 26.2 Å². The summed E-state index contributed by atoms with van der Waals surface area (Å²) in [5.74, 6) is 2.26. The first-order valence-corrected chi connectivity index (χ1v) is 7.40. The van der Waals surface area contributed by atoms with E-state index in [2.05, 4.69) is 16.8 Å². The predicted molar refractivity (Wildman–Crippen MR) is 94.9 cm³/mol. The van der Waals surface area contributed by atoms with Crippen molar-refractivity contribution in [1.29, 1.82) is 0 Å². The quantitative estimate of drug-likeness (QED) is 0.341. The Hall–Kier alpha value is -0.760. The minimum absolute atomic E-state index is 0. The molecule has 2 rings (SSSR count). The molecule has 0 aromatic carbocycles. The molecule has 0 aliphatic carbocycles. The Bertz CT molecular complexity index is 409. The van der Waals surface area contributed by atoms with Gasteiger partial charge in [0.15, 0.2) is 5.96 Å². The summed E-state index contributed by atoms with van der Waals surface area (Å²) in [6, 6.07) is 3.77. The number of guanidine groups is 1. The highest BCUT2D eigenvalue weighted by atomic mass is 127. The summed E-state index contributed by atoms with van der Waals surface area (Å²) in [6.45, 7) is 6.25. The molecule has 0 bridgehead atoms. The van der Waals surface area contributed by atoms with Crippen molar-refractivity contribution >= 4 is 29.9 Å². The van der Waals surface area contributed by atoms with Crippen LogP contribution in [0.2, 0.25) is 0 Å². The zero-order chi connectivity index (χ0) is 14.2. The molecule has 6 heteroatoms. The fourth-order valence-electron chi connectivity index (χ4n) is 2.43. The largest absolute Gasteiger partial charge is 0.467 e. The topological polar surface area (TPSA) is 64.0 Å². The average molecular weight is 407 g/mol. The summed E-state index contributed by atoms with van der Waals surface area (Å²) in [7, 11) is 0. The molecular weight excluding hydrogens is 381 g/mol. The zero-order valence-electron chi connectivity index (χ0n) is 12.7. The summed E-state index contributed by atoms with van der Waals surface area (Å²) < 4.78 is 10.7. The summed E-state index contributed by atoms with van der Waals surface area (Å²) in [6.07, 6.45) is 5.04. The minimum Gasteiger partial charge on any atom is -0.467 e. The fraction of sp³-hybridized carbons (Fsp3) is 0.667. The molecule has 1 atom stereocenters. The Kier molecular flexibility index (Phi) is 8.75. The van der Waals surface area contributed by atoms with Crippen molar-refractivity contribution in [3.05, 3.63) is 24.2 Å². The molecule has 2 N–H and O–H groups in total. The van der Waals surface area contributed by atoms with Gasteiger partial charge in [-0.15, -0.1) is 24.0 Å². The molecule has 1 unspecified atom stereocenters. The Balaban J connectivity index is 0.00000220. The molecule has 1 saturated heterocycles. The number of halogens is 1. The number of ether oxygens (including phenoxy) is 1. The molecule has 2 heterocycles. The Morgan fingerprint density at radius 2 is 2.43 bits per heavy atom. The van der Waals surface area contributed by atoms with Gasteiger partial charge in [-0.2, -0.15) is 0 Å². The van der Waals surface area contributed by atoms with Crippen molar-refractivity contribution in [2.45, 2.75) is 32.8 Å². The predicted octanol–water partition coefficient (Wildman–Crippen LogP) is 2.85. The average Bonchev–Trinajstić information content (AvgIpc) is 2.95. The molecule has 1 aliphatic heterocycles. The van der Waals surface area contributed by atoms with E-state index in [-0.39, 0.29) is 24.0 Å². The van der Waals surface area contributed by atoms with Crippen molar-refractivity contribution in [1.82, 2.24) is 4.90 Å². The molecule has 5 nitrogen and oxygen atoms in total. The third-order valence-electron chi connectivity index (χ3n) is 3.53. The first-order valence-electron chi connectivity index (χ1n) is 7.40. The molecule has 1 aromatic heterocycles. The number of nitrogens with zero attached hydrogens (tertiary/aromatic N) is 2. The van der Waals surface area contributed by atoms with E-state index in [0.29, 0.717) is 25.1 Å². The van der Waals surface area contributed by atoms with Gasteiger partial charge in [0, 0.05) is 26.2 Å². The van der Waals surface area contributed by atoms with E-state index in [9.17, 15) is 0 Å². The molecule has 0 radical (unpaired) electrons. The molecule has 21 heavy (non-hydrogen) atoms. The van der Waals surface area contributed by atoms with Crippen LogP contribution in [0.15, 0.2) is 27.8 Å². The Labute approximate surface area is 143 Å². The maximum absolute atomic E-state index is 6.02. The van der Waals surface area contributed by atoms with Crippen LogP contribution in [-0.2, 0) is 11.3 Å². The van der Waals surface area contributed by atoms with Gasteiger partial charge >= 0.3 is 0 Å². The van der Waals surface area contributed by atoms with Crippen LogP contribution in [0.25, 0.3) is 0 Å². The van der Waals surface area contributed by atoms with E-state index in [1.807, 2.05) is 12.1 Å². The number of furan rings is 1. The summed E-state index contributed by atoms with van der Waals surface area (Å²) in [5.41, 5.74) is 6.02. The van der Waals surface area contributed by atoms with Crippen molar-refractivity contribution in [2.24, 2.45) is 16.6 Å². The highest BCUT2D eigenvalue weighted by molar-refractivity contribution is 14.0. The van der Waals surface area contributed by atoms with Gasteiger partial charge in [-0.1, -0.05) is 6.92 Å². The van der Waals surface area contributed by atoms with E-state index >= 15 is 0 Å². The van der Waals surface area contributed by atoms with Gasteiger partial charge in [0.05, 0.1) is 6.26 Å². The maximum atomic E-state index is 6.02. The Morgan fingerprint density at radius 3 is 3.14 bits per heavy atom. The number of hydrogen-bond donors (Lipinski definition) is 1. The van der Waals surface area contributed by atoms with E-state index in [0.717, 1.165) is 31.8 Å². The lowest BCUT2D eigenvalue weighted by Crippen LogP contribution is -2.43. The second-order valence-corrected chi connectivity index (χ2v) is 5.42. The summed E-state index contributed by atoms with van der Waals surface area (Å²) >= 11 is 0. The van der Waals surface area contributed by atoms with Crippen molar-refractivity contribution < 1.29 is 9.15 Å². The van der Waals surface area contributed by atoms with Crippen LogP contribution >= 0.6 is 24.0 Å². The van der Waals surface area contributed by atoms with Crippen LogP contribution < -0.4 is 5.73 Å². The molecule has 0 amide bonds. The van der Waals surface area contributed by atoms with Gasteiger partial charge in [0.25, 0.3) is 0 Å². The SMILES string of the molecule is CC1CCCN(C(N)=NCCCOCc2ccco2)C1.I. The molecule has 1 fully saturated rings. The number of rotatable bonds is 6. The van der Waals surface area contributed by atoms with E-state index in [1.165, 1.54) is 12.8 Å². The molecule has 0 spiro atoms. The minimum atomic E-state index is 0. The number of aliphatic imine (C=N–C) groups is 1. The van der Waals surface area contributed by atoms with Gasteiger partial charge in [-0.3, -0.25) is 4.99 Å². The van der Waals surface area contributed by atoms with Crippen molar-refractivity contribution in [3.8, 4) is 0 Å². The number of nitrogens with two attached hydrogens (primary N) is 1. The fourth-order valence-corrected chi connectivity index (χ4v) is 2.43. The van der Waals surface area contributed by atoms with Crippen LogP contribution in [0.5, 0.6) is 0 Å². The van der Waals surface area contributed by atoms with Gasteiger partial charge < -0.3 is 19.8 Å².